The number of nitro groups is 1. The maximum atomic E-state index is 13.5. The van der Waals surface area contributed by atoms with Gasteiger partial charge in [-0.25, -0.2) is 0 Å². The van der Waals surface area contributed by atoms with Crippen LogP contribution < -0.4 is 5.32 Å². The lowest BCUT2D eigenvalue weighted by atomic mass is 10.1. The molecule has 0 amide bonds. The number of nitro benzene ring substituents is 1. The number of nitrogens with one attached hydrogen (secondary N) is 2. The van der Waals surface area contributed by atoms with Crippen LogP contribution in [0.2, 0.25) is 0 Å². The lowest BCUT2D eigenvalue weighted by Crippen LogP contribution is -2.01. The Kier molecular flexibility index (Phi) is 3.27. The summed E-state index contributed by atoms with van der Waals surface area (Å²) in [5.74, 6) is -0.844. The van der Waals surface area contributed by atoms with Crippen LogP contribution >= 0.6 is 0 Å². The first-order valence-corrected chi connectivity index (χ1v) is 6.38. The van der Waals surface area contributed by atoms with E-state index in [1.807, 2.05) is 30.5 Å². The molecule has 0 radical (unpaired) electrons. The van der Waals surface area contributed by atoms with Gasteiger partial charge in [0.15, 0.2) is 0 Å². The van der Waals surface area contributed by atoms with E-state index in [1.54, 1.807) is 0 Å². The van der Waals surface area contributed by atoms with Crippen molar-refractivity contribution in [1.29, 1.82) is 0 Å². The van der Waals surface area contributed by atoms with Gasteiger partial charge in [0.2, 0.25) is 5.82 Å². The largest absolute Gasteiger partial charge is 0.381 e. The number of H-pyrrole nitrogens is 1. The van der Waals surface area contributed by atoms with Gasteiger partial charge in [0.05, 0.1) is 10.4 Å². The number of anilines is 1. The molecule has 3 aromatic rings. The van der Waals surface area contributed by atoms with Crippen LogP contribution in [0, 0.1) is 15.9 Å². The van der Waals surface area contributed by atoms with E-state index < -0.39 is 16.4 Å². The van der Waals surface area contributed by atoms with Crippen molar-refractivity contribution in [2.75, 3.05) is 5.32 Å². The van der Waals surface area contributed by atoms with Crippen LogP contribution in [0.15, 0.2) is 48.7 Å². The number of rotatable bonds is 4. The second-order valence-corrected chi connectivity index (χ2v) is 4.64. The van der Waals surface area contributed by atoms with Gasteiger partial charge in [0, 0.05) is 30.6 Å². The molecule has 0 aliphatic heterocycles. The summed E-state index contributed by atoms with van der Waals surface area (Å²) in [4.78, 5) is 13.0. The van der Waals surface area contributed by atoms with Crippen LogP contribution in [0.5, 0.6) is 0 Å². The zero-order valence-corrected chi connectivity index (χ0v) is 11.0. The molecule has 1 heterocycles. The molecule has 6 heteroatoms. The molecule has 0 spiro atoms. The van der Waals surface area contributed by atoms with Gasteiger partial charge in [-0.2, -0.15) is 4.39 Å². The summed E-state index contributed by atoms with van der Waals surface area (Å²) >= 11 is 0. The minimum absolute atomic E-state index is 0.495. The second-order valence-electron chi connectivity index (χ2n) is 4.64. The fourth-order valence-corrected chi connectivity index (χ4v) is 2.26. The molecule has 21 heavy (non-hydrogen) atoms. The van der Waals surface area contributed by atoms with Crippen LogP contribution in [0.25, 0.3) is 10.9 Å². The summed E-state index contributed by atoms with van der Waals surface area (Å²) in [6.07, 6.45) is 1.86. The summed E-state index contributed by atoms with van der Waals surface area (Å²) in [6.45, 7) is 0.495. The van der Waals surface area contributed by atoms with Crippen molar-refractivity contribution in [1.82, 2.24) is 4.98 Å². The highest BCUT2D eigenvalue weighted by molar-refractivity contribution is 5.82. The van der Waals surface area contributed by atoms with E-state index in [-0.39, 0.29) is 0 Å². The van der Waals surface area contributed by atoms with Crippen LogP contribution in [-0.2, 0) is 6.54 Å². The molecule has 0 saturated heterocycles. The van der Waals surface area contributed by atoms with Crippen molar-refractivity contribution in [3.05, 3.63) is 70.2 Å². The Morgan fingerprint density at radius 2 is 2.10 bits per heavy atom. The summed E-state index contributed by atoms with van der Waals surface area (Å²) in [7, 11) is 0. The molecule has 0 aliphatic rings. The Labute approximate surface area is 119 Å². The molecule has 0 unspecified atom stereocenters. The normalized spacial score (nSPS) is 10.7. The first-order valence-electron chi connectivity index (χ1n) is 6.38. The van der Waals surface area contributed by atoms with Gasteiger partial charge < -0.3 is 10.3 Å². The summed E-state index contributed by atoms with van der Waals surface area (Å²) < 4.78 is 13.5. The monoisotopic (exact) mass is 285 g/mol. The third kappa shape index (κ3) is 2.55. The first kappa shape index (κ1) is 13.1. The van der Waals surface area contributed by atoms with Crippen molar-refractivity contribution in [3.8, 4) is 0 Å². The lowest BCUT2D eigenvalue weighted by molar-refractivity contribution is -0.387. The van der Waals surface area contributed by atoms with E-state index in [2.05, 4.69) is 10.3 Å². The minimum Gasteiger partial charge on any atom is -0.381 e. The summed E-state index contributed by atoms with van der Waals surface area (Å²) in [5.41, 5.74) is 2.04. The topological polar surface area (TPSA) is 71.0 Å². The van der Waals surface area contributed by atoms with Gasteiger partial charge in [-0.1, -0.05) is 18.2 Å². The van der Waals surface area contributed by atoms with E-state index >= 15 is 0 Å². The maximum Gasteiger partial charge on any atom is 0.304 e. The maximum absolute atomic E-state index is 13.5. The summed E-state index contributed by atoms with van der Waals surface area (Å²) in [5, 5.41) is 14.7. The van der Waals surface area contributed by atoms with Gasteiger partial charge in [-0.05, 0) is 23.1 Å². The predicted molar refractivity (Wildman–Crippen MR) is 78.7 cm³/mol. The third-order valence-electron chi connectivity index (χ3n) is 3.30. The standard InChI is InChI=1S/C15H12FN3O2/c16-13-8-12(4-5-14(13)19(20)21)18-9-11-3-1-2-10-6-7-17-15(10)11/h1-8,17-18H,9H2. The van der Waals surface area contributed by atoms with Gasteiger partial charge in [0.25, 0.3) is 0 Å². The number of hydrogen-bond donors (Lipinski definition) is 2. The minimum atomic E-state index is -0.844. The average Bonchev–Trinajstić information content (AvgIpc) is 2.93. The van der Waals surface area contributed by atoms with E-state index in [1.165, 1.54) is 6.07 Å². The number of para-hydroxylation sites is 1. The van der Waals surface area contributed by atoms with Crippen molar-refractivity contribution in [2.24, 2.45) is 0 Å². The van der Waals surface area contributed by atoms with E-state index in [0.717, 1.165) is 28.6 Å². The van der Waals surface area contributed by atoms with Crippen molar-refractivity contribution >= 4 is 22.3 Å². The molecule has 2 aromatic carbocycles. The Morgan fingerprint density at radius 1 is 1.24 bits per heavy atom. The molecule has 2 N–H and O–H groups in total. The van der Waals surface area contributed by atoms with Crippen LogP contribution in [0.3, 0.4) is 0 Å². The fraction of sp³-hybridized carbons (Fsp3) is 0.0667. The van der Waals surface area contributed by atoms with E-state index in [4.69, 9.17) is 0 Å². The zero-order valence-electron chi connectivity index (χ0n) is 11.0. The second kappa shape index (κ2) is 5.24. The van der Waals surface area contributed by atoms with Crippen LogP contribution in [-0.4, -0.2) is 9.91 Å². The third-order valence-corrected chi connectivity index (χ3v) is 3.30. The Bertz CT molecular complexity index is 814. The van der Waals surface area contributed by atoms with Crippen molar-refractivity contribution in [3.63, 3.8) is 0 Å². The van der Waals surface area contributed by atoms with Gasteiger partial charge in [-0.3, -0.25) is 10.1 Å². The zero-order chi connectivity index (χ0) is 14.8. The number of aromatic amines is 1. The number of benzene rings is 2. The molecule has 0 atom stereocenters. The number of hydrogen-bond acceptors (Lipinski definition) is 3. The van der Waals surface area contributed by atoms with E-state index in [9.17, 15) is 14.5 Å². The molecule has 3 rings (SSSR count). The molecule has 0 fully saturated rings. The molecule has 106 valence electrons. The van der Waals surface area contributed by atoms with Gasteiger partial charge >= 0.3 is 5.69 Å². The molecule has 5 nitrogen and oxygen atoms in total. The molecular weight excluding hydrogens is 273 g/mol. The first-order chi connectivity index (χ1) is 10.1. The van der Waals surface area contributed by atoms with Gasteiger partial charge in [0.1, 0.15) is 0 Å². The van der Waals surface area contributed by atoms with Crippen molar-refractivity contribution < 1.29 is 9.31 Å². The Hall–Kier alpha value is -2.89. The van der Waals surface area contributed by atoms with Crippen LogP contribution in [0.1, 0.15) is 5.56 Å². The predicted octanol–water partition coefficient (Wildman–Crippen LogP) is 3.83. The highest BCUT2D eigenvalue weighted by Crippen LogP contribution is 2.22. The highest BCUT2D eigenvalue weighted by atomic mass is 19.1. The van der Waals surface area contributed by atoms with E-state index in [0.29, 0.717) is 12.2 Å². The quantitative estimate of drug-likeness (QED) is 0.565. The highest BCUT2D eigenvalue weighted by Gasteiger charge is 2.13. The average molecular weight is 285 g/mol. The fourth-order valence-electron chi connectivity index (χ4n) is 2.26. The van der Waals surface area contributed by atoms with Crippen molar-refractivity contribution in [2.45, 2.75) is 6.54 Å². The number of nitrogens with zero attached hydrogens (tertiary/aromatic N) is 1. The summed E-state index contributed by atoms with van der Waals surface area (Å²) in [6, 6.07) is 11.7. The molecule has 0 bridgehead atoms. The smallest absolute Gasteiger partial charge is 0.304 e. The SMILES string of the molecule is O=[N+]([O-])c1ccc(NCc2cccc3cc[nH]c23)cc1F. The number of aromatic nitrogens is 1. The molecule has 1 aromatic heterocycles. The Balaban J connectivity index is 1.80. The number of fused-ring (bicyclic) bond motifs is 1. The molecule has 0 saturated carbocycles. The van der Waals surface area contributed by atoms with Gasteiger partial charge in [-0.15, -0.1) is 0 Å². The van der Waals surface area contributed by atoms with Crippen LogP contribution in [0.4, 0.5) is 15.8 Å². The Morgan fingerprint density at radius 3 is 2.86 bits per heavy atom. The molecular formula is C15H12FN3O2. The number of halogens is 1. The lowest BCUT2D eigenvalue weighted by Gasteiger charge is -2.08. The molecule has 0 aliphatic carbocycles.